The van der Waals surface area contributed by atoms with Crippen LogP contribution in [-0.2, 0) is 4.74 Å². The molecular weight excluding hydrogens is 424 g/mol. The van der Waals surface area contributed by atoms with Crippen molar-refractivity contribution in [2.75, 3.05) is 7.11 Å². The fraction of sp³-hybridized carbons (Fsp3) is 0.0588. The average molecular weight is 436 g/mol. The second kappa shape index (κ2) is 6.68. The number of carbonyl (C=O) groups excluding carboxylic acids is 1. The summed E-state index contributed by atoms with van der Waals surface area (Å²) in [7, 11) is 1.35. The molecule has 0 bridgehead atoms. The zero-order chi connectivity index (χ0) is 16.4. The van der Waals surface area contributed by atoms with Gasteiger partial charge in [0.15, 0.2) is 5.69 Å². The van der Waals surface area contributed by atoms with Crippen molar-refractivity contribution in [3.63, 3.8) is 0 Å². The topological polar surface area (TPSA) is 44.1 Å². The standard InChI is InChI=1S/C17H12Br2N2O2/c1-23-17(22)15-10-16(11-2-4-12(18)5-3-11)21(20-15)14-8-6-13(19)7-9-14/h2-10H,1H3. The molecule has 1 aromatic heterocycles. The molecule has 0 N–H and O–H groups in total. The minimum Gasteiger partial charge on any atom is -0.464 e. The fourth-order valence-corrected chi connectivity index (χ4v) is 2.72. The van der Waals surface area contributed by atoms with E-state index in [0.29, 0.717) is 0 Å². The summed E-state index contributed by atoms with van der Waals surface area (Å²) in [6.07, 6.45) is 0. The number of hydrogen-bond donors (Lipinski definition) is 0. The van der Waals surface area contributed by atoms with E-state index < -0.39 is 5.97 Å². The third-order valence-electron chi connectivity index (χ3n) is 3.32. The summed E-state index contributed by atoms with van der Waals surface area (Å²) < 4.78 is 8.49. The number of hydrogen-bond acceptors (Lipinski definition) is 3. The van der Waals surface area contributed by atoms with E-state index in [1.54, 1.807) is 10.7 Å². The quantitative estimate of drug-likeness (QED) is 0.552. The first-order chi connectivity index (χ1) is 11.1. The molecule has 116 valence electrons. The van der Waals surface area contributed by atoms with Crippen LogP contribution in [0.2, 0.25) is 0 Å². The Hall–Kier alpha value is -1.92. The molecule has 0 amide bonds. The van der Waals surface area contributed by atoms with E-state index in [1.807, 2.05) is 48.5 Å². The van der Waals surface area contributed by atoms with Gasteiger partial charge in [-0.1, -0.05) is 44.0 Å². The molecule has 0 aliphatic carbocycles. The highest BCUT2D eigenvalue weighted by Gasteiger charge is 2.17. The number of esters is 1. The Morgan fingerprint density at radius 3 is 2.13 bits per heavy atom. The molecule has 2 aromatic carbocycles. The predicted octanol–water partition coefficient (Wildman–Crippen LogP) is 4.85. The highest BCUT2D eigenvalue weighted by Crippen LogP contribution is 2.26. The lowest BCUT2D eigenvalue weighted by Gasteiger charge is -2.08. The van der Waals surface area contributed by atoms with Gasteiger partial charge in [0.2, 0.25) is 0 Å². The largest absolute Gasteiger partial charge is 0.464 e. The number of rotatable bonds is 3. The lowest BCUT2D eigenvalue weighted by atomic mass is 10.1. The van der Waals surface area contributed by atoms with Crippen LogP contribution in [-0.4, -0.2) is 22.9 Å². The molecule has 3 rings (SSSR count). The van der Waals surface area contributed by atoms with E-state index >= 15 is 0 Å². The van der Waals surface area contributed by atoms with Gasteiger partial charge in [-0.3, -0.25) is 0 Å². The van der Waals surface area contributed by atoms with Gasteiger partial charge < -0.3 is 4.74 Å². The van der Waals surface area contributed by atoms with Crippen molar-refractivity contribution in [1.82, 2.24) is 9.78 Å². The van der Waals surface area contributed by atoms with Crippen LogP contribution in [0.4, 0.5) is 0 Å². The van der Waals surface area contributed by atoms with Gasteiger partial charge in [-0.2, -0.15) is 5.10 Å². The SMILES string of the molecule is COC(=O)c1cc(-c2ccc(Br)cc2)n(-c2ccc(Br)cc2)n1. The number of halogens is 2. The molecule has 3 aromatic rings. The van der Waals surface area contributed by atoms with Gasteiger partial charge in [-0.15, -0.1) is 0 Å². The summed E-state index contributed by atoms with van der Waals surface area (Å²) in [5.74, 6) is -0.459. The van der Waals surface area contributed by atoms with E-state index in [1.165, 1.54) is 7.11 Å². The Bertz CT molecular complexity index is 777. The minimum atomic E-state index is -0.459. The molecule has 0 fully saturated rings. The lowest BCUT2D eigenvalue weighted by Crippen LogP contribution is -2.04. The predicted molar refractivity (Wildman–Crippen MR) is 95.7 cm³/mol. The Morgan fingerprint density at radius 2 is 1.57 bits per heavy atom. The number of aromatic nitrogens is 2. The molecule has 0 radical (unpaired) electrons. The van der Waals surface area contributed by atoms with Gasteiger partial charge in [0.1, 0.15) is 0 Å². The van der Waals surface area contributed by atoms with Crippen molar-refractivity contribution in [3.8, 4) is 16.9 Å². The van der Waals surface area contributed by atoms with Crippen LogP contribution in [0.3, 0.4) is 0 Å². The summed E-state index contributed by atoms with van der Waals surface area (Å²) >= 11 is 6.85. The number of nitrogens with zero attached hydrogens (tertiary/aromatic N) is 2. The second-order valence-corrected chi connectivity index (χ2v) is 6.63. The van der Waals surface area contributed by atoms with Crippen LogP contribution >= 0.6 is 31.9 Å². The number of benzene rings is 2. The molecule has 0 saturated carbocycles. The van der Waals surface area contributed by atoms with Crippen molar-refractivity contribution < 1.29 is 9.53 Å². The molecule has 6 heteroatoms. The summed E-state index contributed by atoms with van der Waals surface area (Å²) in [4.78, 5) is 11.8. The monoisotopic (exact) mass is 434 g/mol. The van der Waals surface area contributed by atoms with Crippen molar-refractivity contribution in [3.05, 3.63) is 69.2 Å². The van der Waals surface area contributed by atoms with Crippen LogP contribution in [0.1, 0.15) is 10.5 Å². The van der Waals surface area contributed by atoms with Crippen molar-refractivity contribution >= 4 is 37.8 Å². The van der Waals surface area contributed by atoms with Gasteiger partial charge in [-0.25, -0.2) is 9.48 Å². The molecule has 1 heterocycles. The molecule has 23 heavy (non-hydrogen) atoms. The molecular formula is C17H12Br2N2O2. The van der Waals surface area contributed by atoms with E-state index in [4.69, 9.17) is 4.74 Å². The third kappa shape index (κ3) is 3.38. The second-order valence-electron chi connectivity index (χ2n) is 4.80. The highest BCUT2D eigenvalue weighted by atomic mass is 79.9. The third-order valence-corrected chi connectivity index (χ3v) is 4.37. The van der Waals surface area contributed by atoms with E-state index in [-0.39, 0.29) is 5.69 Å². The number of ether oxygens (including phenoxy) is 1. The fourth-order valence-electron chi connectivity index (χ4n) is 2.19. The van der Waals surface area contributed by atoms with Crippen molar-refractivity contribution in [2.24, 2.45) is 0 Å². The normalized spacial score (nSPS) is 10.6. The van der Waals surface area contributed by atoms with Gasteiger partial charge in [0.05, 0.1) is 18.5 Å². The van der Waals surface area contributed by atoms with Gasteiger partial charge in [0.25, 0.3) is 0 Å². The maximum atomic E-state index is 11.8. The molecule has 0 saturated heterocycles. The number of methoxy groups -OCH3 is 1. The lowest BCUT2D eigenvalue weighted by molar-refractivity contribution is 0.0593. The Balaban J connectivity index is 2.16. The Kier molecular flexibility index (Phi) is 4.63. The minimum absolute atomic E-state index is 0.272. The van der Waals surface area contributed by atoms with Crippen LogP contribution in [0, 0.1) is 0 Å². The van der Waals surface area contributed by atoms with E-state index in [0.717, 1.165) is 25.9 Å². The Morgan fingerprint density at radius 1 is 1.00 bits per heavy atom. The molecule has 0 unspecified atom stereocenters. The Labute approximate surface area is 150 Å². The molecule has 0 atom stereocenters. The van der Waals surface area contributed by atoms with E-state index in [2.05, 4.69) is 37.0 Å². The summed E-state index contributed by atoms with van der Waals surface area (Å²) in [6, 6.07) is 17.3. The van der Waals surface area contributed by atoms with Crippen LogP contribution < -0.4 is 0 Å². The van der Waals surface area contributed by atoms with Gasteiger partial charge in [-0.05, 0) is 42.5 Å². The first-order valence-corrected chi connectivity index (χ1v) is 8.37. The van der Waals surface area contributed by atoms with Gasteiger partial charge in [0, 0.05) is 14.5 Å². The molecule has 0 spiro atoms. The van der Waals surface area contributed by atoms with Crippen LogP contribution in [0.15, 0.2) is 63.5 Å². The summed E-state index contributed by atoms with van der Waals surface area (Å²) in [6.45, 7) is 0. The van der Waals surface area contributed by atoms with E-state index in [9.17, 15) is 4.79 Å². The summed E-state index contributed by atoms with van der Waals surface area (Å²) in [5, 5.41) is 4.39. The number of carbonyl (C=O) groups is 1. The molecule has 0 aliphatic rings. The zero-order valence-corrected chi connectivity index (χ0v) is 15.3. The van der Waals surface area contributed by atoms with Crippen molar-refractivity contribution in [1.29, 1.82) is 0 Å². The molecule has 4 nitrogen and oxygen atoms in total. The summed E-state index contributed by atoms with van der Waals surface area (Å²) in [5.41, 5.74) is 2.91. The smallest absolute Gasteiger partial charge is 0.358 e. The highest BCUT2D eigenvalue weighted by molar-refractivity contribution is 9.10. The molecule has 0 aliphatic heterocycles. The van der Waals surface area contributed by atoms with Gasteiger partial charge >= 0.3 is 5.97 Å². The maximum Gasteiger partial charge on any atom is 0.358 e. The first kappa shape index (κ1) is 16.0. The van der Waals surface area contributed by atoms with Crippen LogP contribution in [0.5, 0.6) is 0 Å². The van der Waals surface area contributed by atoms with Crippen molar-refractivity contribution in [2.45, 2.75) is 0 Å². The average Bonchev–Trinajstić information content (AvgIpc) is 3.01. The maximum absolute atomic E-state index is 11.8. The zero-order valence-electron chi connectivity index (χ0n) is 12.2. The first-order valence-electron chi connectivity index (χ1n) is 6.79. The van der Waals surface area contributed by atoms with Crippen LogP contribution in [0.25, 0.3) is 16.9 Å².